The third kappa shape index (κ3) is 4.96. The fraction of sp³-hybridized carbons (Fsp3) is 0.688. The number of carbonyl (C=O) groups excluding carboxylic acids is 1. The van der Waals surface area contributed by atoms with E-state index in [2.05, 4.69) is 9.97 Å². The molecule has 0 N–H and O–H groups in total. The van der Waals surface area contributed by atoms with Crippen LogP contribution in [-0.2, 0) is 4.74 Å². The van der Waals surface area contributed by atoms with E-state index in [1.54, 1.807) is 0 Å². The van der Waals surface area contributed by atoms with E-state index >= 15 is 0 Å². The lowest BCUT2D eigenvalue weighted by Crippen LogP contribution is -2.44. The van der Waals surface area contributed by atoms with Gasteiger partial charge in [-0.15, -0.1) is 0 Å². The van der Waals surface area contributed by atoms with Crippen molar-refractivity contribution in [2.75, 3.05) is 25.0 Å². The molecule has 1 aliphatic rings. The van der Waals surface area contributed by atoms with Crippen LogP contribution in [0, 0.1) is 6.92 Å². The van der Waals surface area contributed by atoms with Gasteiger partial charge in [-0.25, -0.2) is 14.8 Å². The van der Waals surface area contributed by atoms with Crippen LogP contribution < -0.4 is 4.90 Å². The fourth-order valence-electron chi connectivity index (χ4n) is 2.71. The van der Waals surface area contributed by atoms with Gasteiger partial charge in [0, 0.05) is 31.9 Å². The Balaban J connectivity index is 2.04. The zero-order valence-electron chi connectivity index (χ0n) is 14.5. The van der Waals surface area contributed by atoms with E-state index in [9.17, 15) is 4.79 Å². The highest BCUT2D eigenvalue weighted by atomic mass is 35.5. The largest absolute Gasteiger partial charge is 0.444 e. The third-order valence-corrected chi connectivity index (χ3v) is 3.86. The number of halogens is 1. The Morgan fingerprint density at radius 3 is 2.78 bits per heavy atom. The van der Waals surface area contributed by atoms with E-state index in [1.807, 2.05) is 50.6 Å². The lowest BCUT2D eigenvalue weighted by Gasteiger charge is -2.31. The molecule has 1 unspecified atom stereocenters. The van der Waals surface area contributed by atoms with Gasteiger partial charge in [-0.3, -0.25) is 0 Å². The molecule has 2 rings (SSSR count). The van der Waals surface area contributed by atoms with Crippen molar-refractivity contribution in [3.63, 3.8) is 0 Å². The molecule has 0 bridgehead atoms. The number of nitrogens with zero attached hydrogens (tertiary/aromatic N) is 4. The van der Waals surface area contributed by atoms with Crippen molar-refractivity contribution in [2.45, 2.75) is 52.2 Å². The number of hydrogen-bond donors (Lipinski definition) is 0. The molecule has 2 heterocycles. The minimum absolute atomic E-state index is 0.115. The Morgan fingerprint density at radius 1 is 1.48 bits per heavy atom. The van der Waals surface area contributed by atoms with Gasteiger partial charge in [0.1, 0.15) is 11.4 Å². The quantitative estimate of drug-likeness (QED) is 0.790. The van der Waals surface area contributed by atoms with E-state index in [0.29, 0.717) is 6.54 Å². The van der Waals surface area contributed by atoms with Gasteiger partial charge < -0.3 is 14.5 Å². The minimum atomic E-state index is -0.479. The Morgan fingerprint density at radius 2 is 2.17 bits per heavy atom. The molecule has 0 saturated carbocycles. The van der Waals surface area contributed by atoms with Crippen molar-refractivity contribution in [1.29, 1.82) is 0 Å². The number of amides is 1. The van der Waals surface area contributed by atoms with E-state index in [0.717, 1.165) is 30.9 Å². The zero-order valence-corrected chi connectivity index (χ0v) is 15.2. The van der Waals surface area contributed by atoms with Crippen LogP contribution >= 0.6 is 11.6 Å². The molecular formula is C16H25ClN4O2. The molecular weight excluding hydrogens is 316 g/mol. The van der Waals surface area contributed by atoms with E-state index in [4.69, 9.17) is 16.3 Å². The summed E-state index contributed by atoms with van der Waals surface area (Å²) in [7, 11) is 1.95. The first-order valence-corrected chi connectivity index (χ1v) is 8.25. The summed E-state index contributed by atoms with van der Waals surface area (Å²) in [6.07, 6.45) is 1.70. The summed E-state index contributed by atoms with van der Waals surface area (Å²) in [6.45, 7) is 8.95. The van der Waals surface area contributed by atoms with Crippen LogP contribution in [0.2, 0.25) is 5.28 Å². The van der Waals surface area contributed by atoms with Crippen LogP contribution in [0.15, 0.2) is 6.07 Å². The van der Waals surface area contributed by atoms with E-state index < -0.39 is 5.60 Å². The number of rotatable bonds is 3. The summed E-state index contributed by atoms with van der Waals surface area (Å²) in [5.74, 6) is 0.763. The molecule has 1 saturated heterocycles. The van der Waals surface area contributed by atoms with Gasteiger partial charge in [-0.05, 0) is 52.1 Å². The number of carbonyl (C=O) groups is 1. The van der Waals surface area contributed by atoms with Crippen LogP contribution in [-0.4, -0.2) is 52.7 Å². The summed E-state index contributed by atoms with van der Waals surface area (Å²) in [6, 6.07) is 2.00. The van der Waals surface area contributed by atoms with Crippen LogP contribution in [0.3, 0.4) is 0 Å². The minimum Gasteiger partial charge on any atom is -0.444 e. The predicted molar refractivity (Wildman–Crippen MR) is 91.0 cm³/mol. The highest BCUT2D eigenvalue weighted by Gasteiger charge is 2.33. The molecule has 1 aromatic rings. The molecule has 23 heavy (non-hydrogen) atoms. The van der Waals surface area contributed by atoms with Crippen LogP contribution in [0.1, 0.15) is 39.3 Å². The molecule has 1 aromatic heterocycles. The molecule has 6 nitrogen and oxygen atoms in total. The molecule has 128 valence electrons. The van der Waals surface area contributed by atoms with Crippen molar-refractivity contribution >= 4 is 23.5 Å². The Labute approximate surface area is 142 Å². The maximum atomic E-state index is 12.3. The summed E-state index contributed by atoms with van der Waals surface area (Å²) in [5, 5.41) is 0.238. The van der Waals surface area contributed by atoms with Crippen molar-refractivity contribution in [3.05, 3.63) is 17.0 Å². The Hall–Kier alpha value is -1.56. The van der Waals surface area contributed by atoms with Gasteiger partial charge in [0.2, 0.25) is 5.28 Å². The first-order chi connectivity index (χ1) is 10.7. The Bertz CT molecular complexity index is 553. The van der Waals surface area contributed by atoms with Crippen molar-refractivity contribution in [2.24, 2.45) is 0 Å². The smallest absolute Gasteiger partial charge is 0.410 e. The average Bonchev–Trinajstić information content (AvgIpc) is 2.83. The summed E-state index contributed by atoms with van der Waals surface area (Å²) < 4.78 is 5.50. The molecule has 1 amide bonds. The lowest BCUT2D eigenvalue weighted by atomic mass is 10.2. The van der Waals surface area contributed by atoms with E-state index in [-0.39, 0.29) is 17.4 Å². The number of aryl methyl sites for hydroxylation is 1. The maximum absolute atomic E-state index is 12.3. The molecule has 1 aliphatic heterocycles. The van der Waals surface area contributed by atoms with Gasteiger partial charge >= 0.3 is 6.09 Å². The number of likely N-dealkylation sites (tertiary alicyclic amines) is 1. The van der Waals surface area contributed by atoms with Crippen LogP contribution in [0.4, 0.5) is 10.6 Å². The second-order valence-corrected chi connectivity index (χ2v) is 7.32. The second-order valence-electron chi connectivity index (χ2n) is 6.99. The van der Waals surface area contributed by atoms with Crippen LogP contribution in [0.25, 0.3) is 0 Å². The molecule has 0 radical (unpaired) electrons. The number of aromatic nitrogens is 2. The lowest BCUT2D eigenvalue weighted by molar-refractivity contribution is 0.0232. The highest BCUT2D eigenvalue weighted by Crippen LogP contribution is 2.23. The first-order valence-electron chi connectivity index (χ1n) is 7.87. The number of ether oxygens (including phenoxy) is 1. The second kappa shape index (κ2) is 6.91. The predicted octanol–water partition coefficient (Wildman–Crippen LogP) is 3.27. The standard InChI is InChI=1S/C16H25ClN4O2/c1-11-9-13(19-14(17)18-11)20(5)10-12-7-6-8-21(12)15(22)23-16(2,3)4/h9,12H,6-8,10H2,1-5H3. The summed E-state index contributed by atoms with van der Waals surface area (Å²) in [5.41, 5.74) is 0.343. The summed E-state index contributed by atoms with van der Waals surface area (Å²) >= 11 is 5.93. The van der Waals surface area contributed by atoms with Gasteiger partial charge in [0.05, 0.1) is 6.04 Å². The normalized spacial score (nSPS) is 18.2. The molecule has 1 fully saturated rings. The molecule has 0 aliphatic carbocycles. The zero-order chi connectivity index (χ0) is 17.2. The topological polar surface area (TPSA) is 58.6 Å². The van der Waals surface area contributed by atoms with Crippen molar-refractivity contribution in [1.82, 2.24) is 14.9 Å². The monoisotopic (exact) mass is 340 g/mol. The van der Waals surface area contributed by atoms with Gasteiger partial charge in [0.15, 0.2) is 0 Å². The average molecular weight is 341 g/mol. The number of anilines is 1. The van der Waals surface area contributed by atoms with Crippen LogP contribution in [0.5, 0.6) is 0 Å². The molecule has 7 heteroatoms. The SMILES string of the molecule is Cc1cc(N(C)CC2CCCN2C(=O)OC(C)(C)C)nc(Cl)n1. The molecule has 0 spiro atoms. The first kappa shape index (κ1) is 17.8. The number of likely N-dealkylation sites (N-methyl/N-ethyl adjacent to an activating group) is 1. The van der Waals surface area contributed by atoms with Gasteiger partial charge in [-0.2, -0.15) is 0 Å². The maximum Gasteiger partial charge on any atom is 0.410 e. The molecule has 1 atom stereocenters. The number of hydrogen-bond acceptors (Lipinski definition) is 5. The van der Waals surface area contributed by atoms with Gasteiger partial charge in [-0.1, -0.05) is 0 Å². The van der Waals surface area contributed by atoms with Gasteiger partial charge in [0.25, 0.3) is 0 Å². The fourth-order valence-corrected chi connectivity index (χ4v) is 2.93. The van der Waals surface area contributed by atoms with Crippen molar-refractivity contribution in [3.8, 4) is 0 Å². The highest BCUT2D eigenvalue weighted by molar-refractivity contribution is 6.28. The molecule has 0 aromatic carbocycles. The van der Waals surface area contributed by atoms with E-state index in [1.165, 1.54) is 0 Å². The third-order valence-electron chi connectivity index (χ3n) is 3.69. The summed E-state index contributed by atoms with van der Waals surface area (Å²) in [4.78, 5) is 24.5. The van der Waals surface area contributed by atoms with Crippen molar-refractivity contribution < 1.29 is 9.53 Å². The Kier molecular flexibility index (Phi) is 5.34.